The van der Waals surface area contributed by atoms with Crippen molar-refractivity contribution in [2.45, 2.75) is 49.3 Å². The van der Waals surface area contributed by atoms with Gasteiger partial charge in [-0.25, -0.2) is 13.4 Å². The van der Waals surface area contributed by atoms with Gasteiger partial charge in [0.25, 0.3) is 0 Å². The van der Waals surface area contributed by atoms with Crippen LogP contribution in [-0.4, -0.2) is 21.5 Å². The number of pyridine rings is 1. The van der Waals surface area contributed by atoms with Gasteiger partial charge in [-0.05, 0) is 50.5 Å². The summed E-state index contributed by atoms with van der Waals surface area (Å²) in [6.07, 6.45) is 6.26. The van der Waals surface area contributed by atoms with Crippen LogP contribution in [0.1, 0.15) is 36.8 Å². The number of rotatable bonds is 3. The molecule has 0 radical (unpaired) electrons. The third-order valence-electron chi connectivity index (χ3n) is 5.57. The molecule has 1 saturated heterocycles. The smallest absolute Gasteiger partial charge is 0.214 e. The molecule has 0 amide bonds. The molecule has 1 N–H and O–H groups in total. The first-order valence-corrected chi connectivity index (χ1v) is 11.5. The molecule has 28 heavy (non-hydrogen) atoms. The zero-order valence-corrected chi connectivity index (χ0v) is 17.3. The fourth-order valence-corrected chi connectivity index (χ4v) is 5.45. The Hall–Kier alpha value is -2.40. The Morgan fingerprint density at radius 3 is 2.18 bits per heavy atom. The van der Waals surface area contributed by atoms with E-state index in [0.29, 0.717) is 9.79 Å². The van der Waals surface area contributed by atoms with Gasteiger partial charge >= 0.3 is 0 Å². The Morgan fingerprint density at radius 1 is 0.857 bits per heavy atom. The van der Waals surface area contributed by atoms with Crippen LogP contribution in [0.2, 0.25) is 0 Å². The van der Waals surface area contributed by atoms with Gasteiger partial charge in [-0.3, -0.25) is 0 Å². The molecule has 3 aromatic rings. The van der Waals surface area contributed by atoms with E-state index < -0.39 is 9.84 Å². The van der Waals surface area contributed by atoms with E-state index >= 15 is 0 Å². The summed E-state index contributed by atoms with van der Waals surface area (Å²) in [5.41, 5.74) is 3.99. The SMILES string of the molecule is Cc1ccc(S(=O)(=O)c2c[nH+]c3ccc(C)cc3c2N2CCCCCC2)cc1. The van der Waals surface area contributed by atoms with E-state index in [1.165, 1.54) is 12.8 Å². The standard InChI is InChI=1S/C23H26N2O2S/c1-17-7-10-19(11-8-17)28(26,27)22-16-24-21-12-9-18(2)15-20(21)23(22)25-13-5-3-4-6-14-25/h7-12,15-16H,3-6,13-14H2,1-2H3/p+1. The molecule has 0 spiro atoms. The minimum atomic E-state index is -3.62. The Kier molecular flexibility index (Phi) is 5.11. The number of aromatic amines is 1. The third kappa shape index (κ3) is 3.51. The van der Waals surface area contributed by atoms with Crippen LogP contribution in [0.25, 0.3) is 10.9 Å². The summed E-state index contributed by atoms with van der Waals surface area (Å²) < 4.78 is 27.2. The van der Waals surface area contributed by atoms with E-state index in [0.717, 1.165) is 53.6 Å². The van der Waals surface area contributed by atoms with E-state index in [4.69, 9.17) is 0 Å². The summed E-state index contributed by atoms with van der Waals surface area (Å²) >= 11 is 0. The topological polar surface area (TPSA) is 51.5 Å². The van der Waals surface area contributed by atoms with E-state index in [1.807, 2.05) is 32.0 Å². The van der Waals surface area contributed by atoms with Gasteiger partial charge in [0.15, 0.2) is 11.1 Å². The van der Waals surface area contributed by atoms with Crippen LogP contribution in [0.4, 0.5) is 5.69 Å². The maximum atomic E-state index is 13.6. The first-order valence-electron chi connectivity index (χ1n) is 9.98. The number of nitrogens with one attached hydrogen (secondary N) is 1. The van der Waals surface area contributed by atoms with Crippen LogP contribution in [0, 0.1) is 13.8 Å². The summed E-state index contributed by atoms with van der Waals surface area (Å²) in [5.74, 6) is 0. The lowest BCUT2D eigenvalue weighted by atomic mass is 10.1. The molecule has 2 aromatic carbocycles. The van der Waals surface area contributed by atoms with Crippen LogP contribution in [0.3, 0.4) is 0 Å². The number of H-pyrrole nitrogens is 1. The van der Waals surface area contributed by atoms with Crippen molar-refractivity contribution < 1.29 is 13.4 Å². The average Bonchev–Trinajstić information content (AvgIpc) is 2.96. The number of aryl methyl sites for hydroxylation is 2. The molecule has 0 unspecified atom stereocenters. The minimum absolute atomic E-state index is 0.342. The quantitative estimate of drug-likeness (QED) is 0.657. The largest absolute Gasteiger partial charge is 0.370 e. The third-order valence-corrected chi connectivity index (χ3v) is 7.35. The van der Waals surface area contributed by atoms with Crippen molar-refractivity contribution >= 4 is 26.4 Å². The highest BCUT2D eigenvalue weighted by atomic mass is 32.2. The average molecular weight is 396 g/mol. The fraction of sp³-hybridized carbons (Fsp3) is 0.348. The van der Waals surface area contributed by atoms with Gasteiger partial charge in [-0.15, -0.1) is 0 Å². The lowest BCUT2D eigenvalue weighted by Gasteiger charge is -2.25. The molecule has 0 saturated carbocycles. The number of benzene rings is 2. The van der Waals surface area contributed by atoms with Gasteiger partial charge in [0.1, 0.15) is 0 Å². The lowest BCUT2D eigenvalue weighted by molar-refractivity contribution is -0.347. The van der Waals surface area contributed by atoms with Gasteiger partial charge in [0.05, 0.1) is 16.0 Å². The minimum Gasteiger partial charge on any atom is -0.370 e. The van der Waals surface area contributed by atoms with Crippen LogP contribution >= 0.6 is 0 Å². The first-order chi connectivity index (χ1) is 13.5. The molecule has 0 bridgehead atoms. The number of aromatic nitrogens is 1. The van der Waals surface area contributed by atoms with Crippen LogP contribution < -0.4 is 9.88 Å². The number of nitrogens with zero attached hydrogens (tertiary/aromatic N) is 1. The summed E-state index contributed by atoms with van der Waals surface area (Å²) in [5, 5.41) is 0.982. The van der Waals surface area contributed by atoms with Gasteiger partial charge in [0.2, 0.25) is 15.4 Å². The number of sulfone groups is 1. The molecule has 4 nitrogen and oxygen atoms in total. The van der Waals surface area contributed by atoms with Crippen molar-refractivity contribution in [3.05, 3.63) is 59.8 Å². The zero-order valence-electron chi connectivity index (χ0n) is 16.5. The van der Waals surface area contributed by atoms with Crippen molar-refractivity contribution in [1.82, 2.24) is 0 Å². The van der Waals surface area contributed by atoms with E-state index in [-0.39, 0.29) is 0 Å². The predicted molar refractivity (Wildman–Crippen MR) is 113 cm³/mol. The Balaban J connectivity index is 1.97. The maximum absolute atomic E-state index is 13.6. The van der Waals surface area contributed by atoms with Crippen molar-refractivity contribution in [2.24, 2.45) is 0 Å². The number of hydrogen-bond donors (Lipinski definition) is 0. The first kappa shape index (κ1) is 18.9. The van der Waals surface area contributed by atoms with Crippen molar-refractivity contribution in [3.8, 4) is 0 Å². The zero-order chi connectivity index (χ0) is 19.7. The normalized spacial score (nSPS) is 15.6. The summed E-state index contributed by atoms with van der Waals surface area (Å²) in [6.45, 7) is 5.80. The van der Waals surface area contributed by atoms with E-state index in [1.54, 1.807) is 18.3 Å². The van der Waals surface area contributed by atoms with Gasteiger partial charge in [-0.1, -0.05) is 36.6 Å². The number of hydrogen-bond acceptors (Lipinski definition) is 3. The summed E-state index contributed by atoms with van der Waals surface area (Å²) in [6, 6.07) is 13.3. The Morgan fingerprint density at radius 2 is 1.50 bits per heavy atom. The highest BCUT2D eigenvalue weighted by molar-refractivity contribution is 7.91. The van der Waals surface area contributed by atoms with Crippen molar-refractivity contribution in [1.29, 1.82) is 0 Å². The molecule has 0 aliphatic carbocycles. The van der Waals surface area contributed by atoms with Gasteiger partial charge in [-0.2, -0.15) is 0 Å². The number of anilines is 1. The maximum Gasteiger partial charge on any atom is 0.214 e. The molecule has 4 rings (SSSR count). The summed E-state index contributed by atoms with van der Waals surface area (Å²) in [7, 11) is -3.62. The second-order valence-corrected chi connectivity index (χ2v) is 9.69. The van der Waals surface area contributed by atoms with Crippen molar-refractivity contribution in [3.63, 3.8) is 0 Å². The fourth-order valence-electron chi connectivity index (χ4n) is 3.99. The summed E-state index contributed by atoms with van der Waals surface area (Å²) in [4.78, 5) is 6.22. The Bertz CT molecular complexity index is 1100. The molecule has 1 aromatic heterocycles. The molecule has 2 heterocycles. The molecule has 5 heteroatoms. The van der Waals surface area contributed by atoms with Crippen LogP contribution in [0.15, 0.2) is 58.5 Å². The molecule has 1 fully saturated rings. The van der Waals surface area contributed by atoms with Crippen molar-refractivity contribution in [2.75, 3.05) is 18.0 Å². The number of fused-ring (bicyclic) bond motifs is 1. The lowest BCUT2D eigenvalue weighted by Crippen LogP contribution is -2.27. The van der Waals surface area contributed by atoms with E-state index in [9.17, 15) is 8.42 Å². The highest BCUT2D eigenvalue weighted by Crippen LogP contribution is 2.36. The van der Waals surface area contributed by atoms with E-state index in [2.05, 4.69) is 22.0 Å². The van der Waals surface area contributed by atoms with Gasteiger partial charge in [0, 0.05) is 19.2 Å². The van der Waals surface area contributed by atoms with Crippen LogP contribution in [-0.2, 0) is 9.84 Å². The molecule has 1 aliphatic heterocycles. The second-order valence-electron chi connectivity index (χ2n) is 7.77. The monoisotopic (exact) mass is 395 g/mol. The Labute approximate surface area is 167 Å². The highest BCUT2D eigenvalue weighted by Gasteiger charge is 2.29. The molecule has 1 aliphatic rings. The second kappa shape index (κ2) is 7.55. The molecule has 146 valence electrons. The predicted octanol–water partition coefficient (Wildman–Crippen LogP) is 4.48. The molecular weight excluding hydrogens is 368 g/mol. The molecular formula is C23H27N2O2S+. The van der Waals surface area contributed by atoms with Gasteiger partial charge < -0.3 is 4.90 Å². The van der Waals surface area contributed by atoms with Crippen LogP contribution in [0.5, 0.6) is 0 Å². The molecule has 0 atom stereocenters.